The van der Waals surface area contributed by atoms with Crippen LogP contribution in [0.4, 0.5) is 0 Å². The second-order valence-corrected chi connectivity index (χ2v) is 12.3. The molecule has 0 saturated carbocycles. The highest BCUT2D eigenvalue weighted by Gasteiger charge is 2.18. The van der Waals surface area contributed by atoms with Crippen LogP contribution in [0.1, 0.15) is 162 Å². The summed E-state index contributed by atoms with van der Waals surface area (Å²) in [4.78, 5) is 47.2. The van der Waals surface area contributed by atoms with Gasteiger partial charge < -0.3 is 25.6 Å². The van der Waals surface area contributed by atoms with E-state index in [4.69, 9.17) is 14.9 Å². The number of amides is 2. The number of rotatable bonds is 32. The minimum absolute atomic E-state index is 0.124. The smallest absolute Gasteiger partial charge is 0.328 e. The van der Waals surface area contributed by atoms with Crippen molar-refractivity contribution in [2.24, 2.45) is 0 Å². The topological polar surface area (TPSA) is 142 Å². The number of carboxylic acid groups (broad SMARTS) is 1. The van der Waals surface area contributed by atoms with Gasteiger partial charge in [0, 0.05) is 12.8 Å². The molecule has 2 unspecified atom stereocenters. The highest BCUT2D eigenvalue weighted by Crippen LogP contribution is 2.15. The van der Waals surface area contributed by atoms with Crippen molar-refractivity contribution in [2.75, 3.05) is 13.2 Å². The summed E-state index contributed by atoms with van der Waals surface area (Å²) in [7, 11) is 0. The first-order chi connectivity index (χ1) is 22.3. The number of aliphatic hydroxyl groups is 1. The number of unbranched alkanes of at least 4 members (excludes halogenated alkanes) is 16. The lowest BCUT2D eigenvalue weighted by Crippen LogP contribution is -2.47. The van der Waals surface area contributed by atoms with Gasteiger partial charge in [-0.1, -0.05) is 103 Å². The molecule has 9 nitrogen and oxygen atoms in total. The molecule has 4 N–H and O–H groups in total. The number of hydrogen-bond donors (Lipinski definition) is 4. The van der Waals surface area contributed by atoms with Gasteiger partial charge in [0.05, 0.1) is 13.2 Å². The summed E-state index contributed by atoms with van der Waals surface area (Å²) < 4.78 is 5.85. The van der Waals surface area contributed by atoms with Crippen molar-refractivity contribution in [1.29, 1.82) is 0 Å². The van der Waals surface area contributed by atoms with Crippen LogP contribution >= 0.6 is 0 Å². The summed E-state index contributed by atoms with van der Waals surface area (Å²) in [6.45, 7) is 3.38. The molecule has 266 valence electrons. The van der Waals surface area contributed by atoms with Crippen molar-refractivity contribution >= 4 is 23.8 Å². The van der Waals surface area contributed by atoms with Crippen molar-refractivity contribution in [1.82, 2.24) is 10.6 Å². The third-order valence-corrected chi connectivity index (χ3v) is 7.91. The first-order valence-corrected chi connectivity index (χ1v) is 18.2. The van der Waals surface area contributed by atoms with Crippen molar-refractivity contribution in [3.8, 4) is 0 Å². The molecule has 0 saturated heterocycles. The van der Waals surface area contributed by atoms with E-state index in [9.17, 15) is 19.2 Å². The Balaban J connectivity index is 4.24. The van der Waals surface area contributed by atoms with E-state index in [0.717, 1.165) is 64.2 Å². The lowest BCUT2D eigenvalue weighted by Gasteiger charge is -2.15. The molecule has 0 heterocycles. The Labute approximate surface area is 279 Å². The van der Waals surface area contributed by atoms with E-state index >= 15 is 0 Å². The van der Waals surface area contributed by atoms with Gasteiger partial charge in [0.15, 0.2) is 0 Å². The van der Waals surface area contributed by atoms with Gasteiger partial charge in [-0.15, -0.1) is 0 Å². The molecule has 46 heavy (non-hydrogen) atoms. The number of carbonyl (C=O) groups excluding carboxylic acids is 3. The van der Waals surface area contributed by atoms with E-state index in [1.807, 2.05) is 6.08 Å². The Morgan fingerprint density at radius 2 is 1.17 bits per heavy atom. The molecule has 0 aliphatic rings. The lowest BCUT2D eigenvalue weighted by molar-refractivity contribution is -0.147. The predicted molar refractivity (Wildman–Crippen MR) is 185 cm³/mol. The van der Waals surface area contributed by atoms with E-state index in [2.05, 4.69) is 42.7 Å². The average molecular weight is 651 g/mol. The molecule has 0 spiro atoms. The SMILES string of the molecule is CCCCCC/C=C\CCCCCCCC(=O)OC(/C=C\CCCCCC)CCCCCCC(=O)NCC(=O)NC(CO)C(=O)O. The fraction of sp³-hybridized carbons (Fsp3) is 0.784. The maximum absolute atomic E-state index is 12.6. The maximum Gasteiger partial charge on any atom is 0.328 e. The van der Waals surface area contributed by atoms with Crippen molar-refractivity contribution < 1.29 is 34.1 Å². The van der Waals surface area contributed by atoms with Gasteiger partial charge in [0.1, 0.15) is 12.1 Å². The summed E-state index contributed by atoms with van der Waals surface area (Å²) >= 11 is 0. The second-order valence-electron chi connectivity index (χ2n) is 12.3. The molecule has 0 aromatic heterocycles. The van der Waals surface area contributed by atoms with E-state index in [1.165, 1.54) is 64.2 Å². The number of allylic oxidation sites excluding steroid dienone is 3. The third-order valence-electron chi connectivity index (χ3n) is 7.91. The van der Waals surface area contributed by atoms with Crippen LogP contribution in [-0.2, 0) is 23.9 Å². The van der Waals surface area contributed by atoms with Crippen LogP contribution < -0.4 is 10.6 Å². The molecule has 0 bridgehead atoms. The molecule has 0 rings (SSSR count). The Morgan fingerprint density at radius 3 is 1.76 bits per heavy atom. The Hall–Kier alpha value is -2.68. The third kappa shape index (κ3) is 28.8. The monoisotopic (exact) mass is 650 g/mol. The van der Waals surface area contributed by atoms with Gasteiger partial charge in [-0.05, 0) is 70.3 Å². The van der Waals surface area contributed by atoms with E-state index in [-0.39, 0.29) is 30.9 Å². The molecule has 0 aromatic carbocycles. The fourth-order valence-electron chi connectivity index (χ4n) is 5.03. The van der Waals surface area contributed by atoms with Crippen LogP contribution in [0.3, 0.4) is 0 Å². The zero-order valence-corrected chi connectivity index (χ0v) is 29.1. The molecule has 0 aliphatic carbocycles. The Bertz CT molecular complexity index is 844. The van der Waals surface area contributed by atoms with E-state index in [1.54, 1.807) is 0 Å². The second kappa shape index (κ2) is 32.3. The van der Waals surface area contributed by atoms with Crippen LogP contribution in [-0.4, -0.2) is 59.3 Å². The van der Waals surface area contributed by atoms with Crippen molar-refractivity contribution in [2.45, 2.75) is 174 Å². The molecule has 2 atom stereocenters. The first-order valence-electron chi connectivity index (χ1n) is 18.2. The summed E-state index contributed by atoms with van der Waals surface area (Å²) in [6.07, 6.45) is 32.3. The highest BCUT2D eigenvalue weighted by molar-refractivity contribution is 5.87. The Kier molecular flexibility index (Phi) is 30.4. The molecule has 0 radical (unpaired) electrons. The lowest BCUT2D eigenvalue weighted by atomic mass is 10.1. The first kappa shape index (κ1) is 43.3. The average Bonchev–Trinajstić information content (AvgIpc) is 3.03. The Morgan fingerprint density at radius 1 is 0.652 bits per heavy atom. The molecule has 0 aliphatic heterocycles. The molecule has 9 heteroatoms. The van der Waals surface area contributed by atoms with Crippen LogP contribution in [0.5, 0.6) is 0 Å². The quantitative estimate of drug-likeness (QED) is 0.0332. The number of aliphatic hydroxyl groups excluding tert-OH is 1. The summed E-state index contributed by atoms with van der Waals surface area (Å²) in [5.74, 6) is -2.41. The molecule has 2 amide bonds. The number of nitrogens with one attached hydrogen (secondary N) is 2. The van der Waals surface area contributed by atoms with Gasteiger partial charge in [-0.25, -0.2) is 4.79 Å². The molecule has 0 aromatic rings. The summed E-state index contributed by atoms with van der Waals surface area (Å²) in [5, 5.41) is 22.4. The zero-order chi connectivity index (χ0) is 34.1. The normalized spacial score (nSPS) is 12.8. The molecular weight excluding hydrogens is 584 g/mol. The molecule has 0 fully saturated rings. The number of hydrogen-bond acceptors (Lipinski definition) is 6. The maximum atomic E-state index is 12.6. The minimum Gasteiger partial charge on any atom is -0.480 e. The fourth-order valence-corrected chi connectivity index (χ4v) is 5.03. The van der Waals surface area contributed by atoms with Crippen LogP contribution in [0.15, 0.2) is 24.3 Å². The van der Waals surface area contributed by atoms with Gasteiger partial charge in [0.2, 0.25) is 11.8 Å². The van der Waals surface area contributed by atoms with Crippen molar-refractivity contribution in [3.05, 3.63) is 24.3 Å². The largest absolute Gasteiger partial charge is 0.480 e. The summed E-state index contributed by atoms with van der Waals surface area (Å²) in [5.41, 5.74) is 0. The van der Waals surface area contributed by atoms with Crippen LogP contribution in [0, 0.1) is 0 Å². The number of carbonyl (C=O) groups is 4. The zero-order valence-electron chi connectivity index (χ0n) is 29.1. The minimum atomic E-state index is -1.39. The summed E-state index contributed by atoms with van der Waals surface area (Å²) in [6, 6.07) is -1.39. The highest BCUT2D eigenvalue weighted by atomic mass is 16.5. The van der Waals surface area contributed by atoms with Gasteiger partial charge in [-0.2, -0.15) is 0 Å². The van der Waals surface area contributed by atoms with Gasteiger partial charge in [0.25, 0.3) is 0 Å². The number of aliphatic carboxylic acids is 1. The van der Waals surface area contributed by atoms with Gasteiger partial charge >= 0.3 is 11.9 Å². The predicted octanol–water partition coefficient (Wildman–Crippen LogP) is 7.70. The van der Waals surface area contributed by atoms with Gasteiger partial charge in [-0.3, -0.25) is 14.4 Å². The van der Waals surface area contributed by atoms with Crippen LogP contribution in [0.2, 0.25) is 0 Å². The van der Waals surface area contributed by atoms with E-state index in [0.29, 0.717) is 12.8 Å². The van der Waals surface area contributed by atoms with Crippen LogP contribution in [0.25, 0.3) is 0 Å². The number of ether oxygens (including phenoxy) is 1. The standard InChI is InChI=1S/C37H66N2O7/c1-3-5-7-9-11-12-13-14-15-16-17-19-25-29-36(43)46-32(26-22-18-10-8-6-4-2)27-23-20-21-24-28-34(41)38-30-35(42)39-33(31-40)37(44)45/h12-13,22,26,32-33,40H,3-11,14-21,23-25,27-31H2,1-2H3,(H,38,41)(H,39,42)(H,44,45)/b13-12-,26-22-. The van der Waals surface area contributed by atoms with E-state index < -0.39 is 24.5 Å². The molecular formula is C37H66N2O7. The van der Waals surface area contributed by atoms with Crippen molar-refractivity contribution in [3.63, 3.8) is 0 Å². The number of carboxylic acids is 1. The number of esters is 1.